The third kappa shape index (κ3) is 5.51. The van der Waals surface area contributed by atoms with Gasteiger partial charge in [0.15, 0.2) is 0 Å². The van der Waals surface area contributed by atoms with Gasteiger partial charge in [0.25, 0.3) is 0 Å². The maximum absolute atomic E-state index is 6.57. The molecule has 0 spiro atoms. The van der Waals surface area contributed by atoms with Gasteiger partial charge in [-0.15, -0.1) is 0 Å². The molecule has 9 aromatic rings. The second-order valence-corrected chi connectivity index (χ2v) is 12.5. The van der Waals surface area contributed by atoms with Gasteiger partial charge in [0, 0.05) is 50.2 Å². The molecule has 0 aliphatic heterocycles. The molecule has 0 N–H and O–H groups in total. The molecule has 0 amide bonds. The molecule has 1 aromatic heterocycles. The lowest BCUT2D eigenvalue weighted by Gasteiger charge is -2.30. The zero-order valence-corrected chi connectivity index (χ0v) is 27.9. The smallest absolute Gasteiger partial charge is 0.136 e. The van der Waals surface area contributed by atoms with Crippen LogP contribution in [0.5, 0.6) is 0 Å². The molecule has 0 saturated carbocycles. The van der Waals surface area contributed by atoms with E-state index >= 15 is 0 Å². The van der Waals surface area contributed by atoms with Crippen molar-refractivity contribution in [3.05, 3.63) is 206 Å². The monoisotopic (exact) mass is 654 g/mol. The van der Waals surface area contributed by atoms with Crippen LogP contribution in [-0.2, 0) is 0 Å². The molecule has 0 atom stereocenters. The third-order valence-corrected chi connectivity index (χ3v) is 9.45. The Hall–Kier alpha value is -6.84. The largest absolute Gasteiger partial charge is 0.456 e. The van der Waals surface area contributed by atoms with Crippen molar-refractivity contribution in [1.82, 2.24) is 0 Å². The number of nitrogens with zero attached hydrogens (tertiary/aromatic N) is 2. The lowest BCUT2D eigenvalue weighted by Crippen LogP contribution is -2.12. The normalized spacial score (nSPS) is 11.1. The minimum absolute atomic E-state index is 0.858. The molecule has 0 aliphatic rings. The second kappa shape index (κ2) is 13.2. The average molecular weight is 655 g/mol. The fourth-order valence-corrected chi connectivity index (χ4v) is 7.26. The van der Waals surface area contributed by atoms with Crippen LogP contribution in [0.25, 0.3) is 44.2 Å². The van der Waals surface area contributed by atoms with Crippen molar-refractivity contribution in [3.63, 3.8) is 0 Å². The summed E-state index contributed by atoms with van der Waals surface area (Å²) < 4.78 is 6.57. The Balaban J connectivity index is 1.37. The summed E-state index contributed by atoms with van der Waals surface area (Å²) in [6.07, 6.45) is 0. The quantitative estimate of drug-likeness (QED) is 0.163. The van der Waals surface area contributed by atoms with Gasteiger partial charge in [0.2, 0.25) is 0 Å². The predicted octanol–water partition coefficient (Wildman–Crippen LogP) is 13.9. The number of anilines is 6. The van der Waals surface area contributed by atoms with Crippen molar-refractivity contribution in [2.45, 2.75) is 0 Å². The topological polar surface area (TPSA) is 19.6 Å². The van der Waals surface area contributed by atoms with Gasteiger partial charge in [-0.25, -0.2) is 0 Å². The highest BCUT2D eigenvalue weighted by Gasteiger charge is 2.25. The first-order chi connectivity index (χ1) is 25.3. The average Bonchev–Trinajstić information content (AvgIpc) is 3.59. The summed E-state index contributed by atoms with van der Waals surface area (Å²) in [6, 6.07) is 72.7. The molecule has 8 aromatic carbocycles. The van der Waals surface area contributed by atoms with Gasteiger partial charge in [-0.1, -0.05) is 127 Å². The van der Waals surface area contributed by atoms with E-state index in [1.54, 1.807) is 0 Å². The van der Waals surface area contributed by atoms with Gasteiger partial charge in [0.1, 0.15) is 11.2 Å². The van der Waals surface area contributed by atoms with Crippen molar-refractivity contribution in [2.24, 2.45) is 0 Å². The summed E-state index contributed by atoms with van der Waals surface area (Å²) in [5, 5.41) is 2.18. The van der Waals surface area contributed by atoms with Gasteiger partial charge in [-0.2, -0.15) is 0 Å². The van der Waals surface area contributed by atoms with Crippen LogP contribution in [-0.4, -0.2) is 0 Å². The molecule has 1 heterocycles. The summed E-state index contributed by atoms with van der Waals surface area (Å²) in [4.78, 5) is 4.70. The maximum Gasteiger partial charge on any atom is 0.136 e. The summed E-state index contributed by atoms with van der Waals surface area (Å²) >= 11 is 0. The molecular formula is C48H34N2O. The second-order valence-electron chi connectivity index (χ2n) is 12.5. The van der Waals surface area contributed by atoms with E-state index < -0.39 is 0 Å². The fraction of sp³-hybridized carbons (Fsp3) is 0. The van der Waals surface area contributed by atoms with Crippen LogP contribution in [0.1, 0.15) is 0 Å². The van der Waals surface area contributed by atoms with Crippen LogP contribution in [0.3, 0.4) is 0 Å². The number of hydrogen-bond acceptors (Lipinski definition) is 3. The Kier molecular flexibility index (Phi) is 7.84. The number of para-hydroxylation sites is 7. The Morgan fingerprint density at radius 1 is 0.294 bits per heavy atom. The molecule has 0 bridgehead atoms. The molecular weight excluding hydrogens is 621 g/mol. The minimum atomic E-state index is 0.858. The van der Waals surface area contributed by atoms with Gasteiger partial charge in [0.05, 0.1) is 11.4 Å². The van der Waals surface area contributed by atoms with E-state index in [-0.39, 0.29) is 0 Å². The van der Waals surface area contributed by atoms with Crippen molar-refractivity contribution in [1.29, 1.82) is 0 Å². The SMILES string of the molecule is c1ccc(N(c2ccccc2)c2ccccc2-c2ccc3oc4ccccc4c3c2-c2ccccc2N(c2ccccc2)c2ccccc2)cc1. The molecule has 3 heteroatoms. The molecule has 51 heavy (non-hydrogen) atoms. The highest BCUT2D eigenvalue weighted by atomic mass is 16.3. The highest BCUT2D eigenvalue weighted by Crippen LogP contribution is 2.50. The van der Waals surface area contributed by atoms with E-state index in [0.717, 1.165) is 78.3 Å². The van der Waals surface area contributed by atoms with Gasteiger partial charge < -0.3 is 14.2 Å². The standard InChI is InChI=1S/C48H34N2O/c1-5-19-35(20-6-1)49(36-21-7-2-8-22-36)43-30-16-13-27-39(43)40-33-34-46-48(42-29-15-18-32-45(42)51-46)47(40)41-28-14-17-31-44(41)50(37-23-9-3-10-24-37)38-25-11-4-12-26-38/h1-34H. The highest BCUT2D eigenvalue weighted by molar-refractivity contribution is 6.18. The Morgan fingerprint density at radius 2 is 0.706 bits per heavy atom. The van der Waals surface area contributed by atoms with Crippen LogP contribution in [0.15, 0.2) is 211 Å². The van der Waals surface area contributed by atoms with E-state index in [9.17, 15) is 0 Å². The molecule has 0 aliphatic carbocycles. The number of furan rings is 1. The maximum atomic E-state index is 6.57. The number of fused-ring (bicyclic) bond motifs is 3. The Bertz CT molecular complexity index is 2500. The van der Waals surface area contributed by atoms with E-state index in [2.05, 4.69) is 210 Å². The first kappa shape index (κ1) is 30.2. The zero-order chi connectivity index (χ0) is 34.0. The summed E-state index contributed by atoms with van der Waals surface area (Å²) in [7, 11) is 0. The number of rotatable bonds is 8. The first-order valence-corrected chi connectivity index (χ1v) is 17.3. The van der Waals surface area contributed by atoms with Crippen molar-refractivity contribution >= 4 is 56.1 Å². The molecule has 3 nitrogen and oxygen atoms in total. The predicted molar refractivity (Wildman–Crippen MR) is 214 cm³/mol. The van der Waals surface area contributed by atoms with Crippen molar-refractivity contribution < 1.29 is 4.42 Å². The van der Waals surface area contributed by atoms with Crippen LogP contribution >= 0.6 is 0 Å². The summed E-state index contributed by atoms with van der Waals surface area (Å²) in [5.41, 5.74) is 12.7. The lowest BCUT2D eigenvalue weighted by atomic mass is 9.88. The van der Waals surface area contributed by atoms with E-state index in [0.29, 0.717) is 0 Å². The van der Waals surface area contributed by atoms with Crippen LogP contribution in [0.2, 0.25) is 0 Å². The van der Waals surface area contributed by atoms with Crippen LogP contribution in [0, 0.1) is 0 Å². The van der Waals surface area contributed by atoms with E-state index in [4.69, 9.17) is 4.42 Å². The van der Waals surface area contributed by atoms with E-state index in [1.165, 1.54) is 0 Å². The van der Waals surface area contributed by atoms with Gasteiger partial charge in [-0.3, -0.25) is 0 Å². The fourth-order valence-electron chi connectivity index (χ4n) is 7.26. The van der Waals surface area contributed by atoms with Crippen LogP contribution in [0.4, 0.5) is 34.1 Å². The summed E-state index contributed by atoms with van der Waals surface area (Å²) in [5.74, 6) is 0. The van der Waals surface area contributed by atoms with Gasteiger partial charge >= 0.3 is 0 Å². The van der Waals surface area contributed by atoms with Crippen molar-refractivity contribution in [3.8, 4) is 22.3 Å². The molecule has 242 valence electrons. The molecule has 0 unspecified atom stereocenters. The zero-order valence-electron chi connectivity index (χ0n) is 27.9. The molecule has 9 rings (SSSR count). The molecule has 0 saturated heterocycles. The number of hydrogen-bond donors (Lipinski definition) is 0. The summed E-state index contributed by atoms with van der Waals surface area (Å²) in [6.45, 7) is 0. The first-order valence-electron chi connectivity index (χ1n) is 17.3. The Labute approximate surface area is 297 Å². The van der Waals surface area contributed by atoms with Crippen LogP contribution < -0.4 is 9.80 Å². The third-order valence-electron chi connectivity index (χ3n) is 9.45. The van der Waals surface area contributed by atoms with Gasteiger partial charge in [-0.05, 0) is 84.4 Å². The minimum Gasteiger partial charge on any atom is -0.456 e. The number of benzene rings is 8. The molecule has 0 fully saturated rings. The Morgan fingerprint density at radius 3 is 1.24 bits per heavy atom. The molecule has 0 radical (unpaired) electrons. The van der Waals surface area contributed by atoms with Crippen molar-refractivity contribution in [2.75, 3.05) is 9.80 Å². The van der Waals surface area contributed by atoms with E-state index in [1.807, 2.05) is 6.07 Å². The lowest BCUT2D eigenvalue weighted by molar-refractivity contribution is 0.669.